The lowest BCUT2D eigenvalue weighted by atomic mass is 9.79. The topological polar surface area (TPSA) is 188 Å². The SMILES string of the molecule is COC(=O)c1cccc(C(C)(C)C(/C=C/C=C/C=C/C=C2/N(CCCCS(=O)(=O)O)c3ccc(C(=O)O)cc3C2(C)C)=N/CCCCS(=O)(=O)O)c1. The van der Waals surface area contributed by atoms with Crippen LogP contribution < -0.4 is 4.90 Å². The van der Waals surface area contributed by atoms with Gasteiger partial charge in [-0.15, -0.1) is 0 Å². The highest BCUT2D eigenvalue weighted by Crippen LogP contribution is 2.48. The van der Waals surface area contributed by atoms with Crippen LogP contribution in [0.1, 0.15) is 85.2 Å². The van der Waals surface area contributed by atoms with Gasteiger partial charge in [-0.25, -0.2) is 9.59 Å². The molecule has 0 bridgehead atoms. The predicted octanol–water partition coefficient (Wildman–Crippen LogP) is 6.58. The zero-order valence-electron chi connectivity index (χ0n) is 30.2. The van der Waals surface area contributed by atoms with Crippen LogP contribution in [0.4, 0.5) is 5.69 Å². The van der Waals surface area contributed by atoms with Gasteiger partial charge in [-0.05, 0) is 79.3 Å². The Morgan fingerprint density at radius 3 is 2.13 bits per heavy atom. The van der Waals surface area contributed by atoms with Crippen LogP contribution in [0.2, 0.25) is 0 Å². The molecule has 2 aromatic rings. The van der Waals surface area contributed by atoms with Crippen LogP contribution in [0, 0.1) is 0 Å². The van der Waals surface area contributed by atoms with Gasteiger partial charge in [0.25, 0.3) is 20.2 Å². The quantitative estimate of drug-likeness (QED) is 0.0490. The van der Waals surface area contributed by atoms with Gasteiger partial charge >= 0.3 is 11.9 Å². The Hall–Kier alpha value is -4.37. The molecule has 14 heteroatoms. The van der Waals surface area contributed by atoms with Crippen LogP contribution in [0.25, 0.3) is 0 Å². The first-order chi connectivity index (χ1) is 24.3. The van der Waals surface area contributed by atoms with E-state index in [1.54, 1.807) is 36.4 Å². The highest BCUT2D eigenvalue weighted by molar-refractivity contribution is 7.86. The summed E-state index contributed by atoms with van der Waals surface area (Å²) in [5.74, 6) is -2.18. The number of carbonyl (C=O) groups is 2. The van der Waals surface area contributed by atoms with E-state index in [1.165, 1.54) is 7.11 Å². The molecule has 0 amide bonds. The second-order valence-electron chi connectivity index (χ2n) is 13.4. The standard InChI is InChI=1S/C38H48N2O10S2/c1-37(2,30-17-15-16-29(26-30)36(43)50-5)33(39-22-11-13-24-51(44,45)46)18-9-7-6-8-10-19-34-38(3,4)31-27-28(35(41)42)20-21-32(31)40(34)23-12-14-25-52(47,48)49/h6-10,15-21,26-27H,11-14,22-25H2,1-5H3,(H,41,42)(H,44,45,46)(H,47,48,49)/b7-6+,10-8+,18-9+,34-19+,39-33+. The Morgan fingerprint density at radius 1 is 0.865 bits per heavy atom. The summed E-state index contributed by atoms with van der Waals surface area (Å²) in [5, 5.41) is 9.59. The number of rotatable bonds is 18. The number of carboxylic acid groups (broad SMARTS) is 1. The molecule has 0 fully saturated rings. The van der Waals surface area contributed by atoms with E-state index in [-0.39, 0.29) is 29.9 Å². The molecule has 1 heterocycles. The molecule has 0 saturated heterocycles. The molecule has 0 saturated carbocycles. The minimum atomic E-state index is -4.08. The summed E-state index contributed by atoms with van der Waals surface area (Å²) >= 11 is 0. The van der Waals surface area contributed by atoms with E-state index in [0.29, 0.717) is 37.2 Å². The maximum absolute atomic E-state index is 12.2. The fourth-order valence-corrected chi connectivity index (χ4v) is 7.08. The minimum absolute atomic E-state index is 0.171. The van der Waals surface area contributed by atoms with Crippen molar-refractivity contribution in [3.63, 3.8) is 0 Å². The van der Waals surface area contributed by atoms with Crippen molar-refractivity contribution in [3.05, 3.63) is 113 Å². The van der Waals surface area contributed by atoms with Crippen LogP contribution in [0.15, 0.2) is 95.7 Å². The van der Waals surface area contributed by atoms with Gasteiger partial charge < -0.3 is 14.7 Å². The fraction of sp³-hybridized carbons (Fsp3) is 0.395. The fourth-order valence-electron chi connectivity index (χ4n) is 5.94. The molecule has 52 heavy (non-hydrogen) atoms. The second kappa shape index (κ2) is 17.9. The van der Waals surface area contributed by atoms with Gasteiger partial charge in [0, 0.05) is 41.0 Å². The Morgan fingerprint density at radius 2 is 1.50 bits per heavy atom. The van der Waals surface area contributed by atoms with Crippen molar-refractivity contribution in [1.29, 1.82) is 0 Å². The molecule has 2 aromatic carbocycles. The average molecular weight is 757 g/mol. The van der Waals surface area contributed by atoms with Crippen molar-refractivity contribution in [1.82, 2.24) is 0 Å². The monoisotopic (exact) mass is 756 g/mol. The van der Waals surface area contributed by atoms with E-state index in [0.717, 1.165) is 22.5 Å². The lowest BCUT2D eigenvalue weighted by Gasteiger charge is -2.27. The summed E-state index contributed by atoms with van der Waals surface area (Å²) < 4.78 is 67.9. The average Bonchev–Trinajstić information content (AvgIpc) is 3.28. The molecule has 3 N–H and O–H groups in total. The number of fused-ring (bicyclic) bond motifs is 1. The normalized spacial score (nSPS) is 16.0. The molecular formula is C38H48N2O10S2. The molecule has 0 aliphatic carbocycles. The van der Waals surface area contributed by atoms with Crippen LogP contribution in [0.5, 0.6) is 0 Å². The van der Waals surface area contributed by atoms with Crippen molar-refractivity contribution >= 4 is 43.6 Å². The number of esters is 1. The number of aromatic carboxylic acids is 1. The Labute approximate surface area is 306 Å². The van der Waals surface area contributed by atoms with Crippen LogP contribution in [-0.2, 0) is 35.8 Å². The van der Waals surface area contributed by atoms with Crippen molar-refractivity contribution < 1.29 is 45.4 Å². The maximum atomic E-state index is 12.2. The van der Waals surface area contributed by atoms with E-state index in [2.05, 4.69) is 4.90 Å². The molecule has 1 aliphatic rings. The van der Waals surface area contributed by atoms with Gasteiger partial charge in [0.15, 0.2) is 0 Å². The van der Waals surface area contributed by atoms with Gasteiger partial charge in [-0.3, -0.25) is 14.1 Å². The number of ether oxygens (including phenoxy) is 1. The zero-order valence-corrected chi connectivity index (χ0v) is 31.8. The molecule has 0 aromatic heterocycles. The number of carboxylic acids is 1. The zero-order chi connectivity index (χ0) is 38.7. The summed E-state index contributed by atoms with van der Waals surface area (Å²) in [7, 11) is -6.82. The Balaban J connectivity index is 1.86. The predicted molar refractivity (Wildman–Crippen MR) is 204 cm³/mol. The number of benzene rings is 2. The van der Waals surface area contributed by atoms with Crippen LogP contribution in [0.3, 0.4) is 0 Å². The van der Waals surface area contributed by atoms with Gasteiger partial charge in [0.2, 0.25) is 0 Å². The summed E-state index contributed by atoms with van der Waals surface area (Å²) in [6, 6.07) is 12.1. The molecule has 1 aliphatic heterocycles. The largest absolute Gasteiger partial charge is 0.478 e. The summed E-state index contributed by atoms with van der Waals surface area (Å²) in [6.45, 7) is 8.73. The third-order valence-electron chi connectivity index (χ3n) is 8.86. The molecule has 0 unspecified atom stereocenters. The highest BCUT2D eigenvalue weighted by Gasteiger charge is 2.40. The van der Waals surface area contributed by atoms with Crippen molar-refractivity contribution in [3.8, 4) is 0 Å². The van der Waals surface area contributed by atoms with Gasteiger partial charge in [-0.2, -0.15) is 16.8 Å². The van der Waals surface area contributed by atoms with E-state index in [4.69, 9.17) is 18.8 Å². The van der Waals surface area contributed by atoms with Crippen molar-refractivity contribution in [2.45, 2.75) is 64.2 Å². The first-order valence-corrected chi connectivity index (χ1v) is 20.0. The first kappa shape index (κ1) is 42.0. The lowest BCUT2D eigenvalue weighted by Crippen LogP contribution is -2.28. The van der Waals surface area contributed by atoms with Crippen LogP contribution in [-0.4, -0.2) is 80.4 Å². The summed E-state index contributed by atoms with van der Waals surface area (Å²) in [6.07, 6.45) is 14.4. The second-order valence-corrected chi connectivity index (χ2v) is 16.6. The van der Waals surface area contributed by atoms with E-state index in [1.807, 2.05) is 76.3 Å². The van der Waals surface area contributed by atoms with Crippen LogP contribution >= 0.6 is 0 Å². The number of carbonyl (C=O) groups excluding carboxylic acids is 1. The third kappa shape index (κ3) is 11.8. The molecule has 0 atom stereocenters. The molecule has 3 rings (SSSR count). The Bertz CT molecular complexity index is 1990. The van der Waals surface area contributed by atoms with E-state index in [9.17, 15) is 31.5 Å². The maximum Gasteiger partial charge on any atom is 0.337 e. The highest BCUT2D eigenvalue weighted by atomic mass is 32.2. The number of allylic oxidation sites excluding steroid dienone is 8. The third-order valence-corrected chi connectivity index (χ3v) is 10.5. The van der Waals surface area contributed by atoms with E-state index < -0.39 is 43.0 Å². The van der Waals surface area contributed by atoms with Gasteiger partial charge in [0.1, 0.15) is 0 Å². The number of unbranched alkanes of at least 4 members (excludes halogenated alkanes) is 2. The number of anilines is 1. The summed E-state index contributed by atoms with van der Waals surface area (Å²) in [4.78, 5) is 30.7. The first-order valence-electron chi connectivity index (χ1n) is 16.8. The van der Waals surface area contributed by atoms with Crippen molar-refractivity contribution in [2.75, 3.05) is 36.6 Å². The van der Waals surface area contributed by atoms with Crippen molar-refractivity contribution in [2.24, 2.45) is 4.99 Å². The van der Waals surface area contributed by atoms with E-state index >= 15 is 0 Å². The number of methoxy groups -OCH3 is 1. The molecule has 0 spiro atoms. The Kier molecular flexibility index (Phi) is 14.5. The minimum Gasteiger partial charge on any atom is -0.478 e. The molecule has 282 valence electrons. The number of hydrogen-bond acceptors (Lipinski definition) is 9. The van der Waals surface area contributed by atoms with Gasteiger partial charge in [0.05, 0.1) is 29.7 Å². The van der Waals surface area contributed by atoms with Gasteiger partial charge in [-0.1, -0.05) is 70.2 Å². The number of nitrogens with zero attached hydrogens (tertiary/aromatic N) is 2. The molecule has 0 radical (unpaired) electrons. The number of aliphatic imine (C=N–C) groups is 1. The molecule has 12 nitrogen and oxygen atoms in total. The summed E-state index contributed by atoms with van der Waals surface area (Å²) in [5.41, 5.74) is 3.46. The molecular weight excluding hydrogens is 709 g/mol. The lowest BCUT2D eigenvalue weighted by molar-refractivity contribution is 0.0599. The number of hydrogen-bond donors (Lipinski definition) is 3. The smallest absolute Gasteiger partial charge is 0.337 e.